The molecule has 0 bridgehead atoms. The maximum Gasteiger partial charge on any atom is 0.205 e. The summed E-state index contributed by atoms with van der Waals surface area (Å²) in [7, 11) is 0. The molecule has 0 saturated carbocycles. The first-order valence-electron chi connectivity index (χ1n) is 4.07. The van der Waals surface area contributed by atoms with E-state index >= 15 is 0 Å². The van der Waals surface area contributed by atoms with Crippen molar-refractivity contribution in [3.05, 3.63) is 50.6 Å². The van der Waals surface area contributed by atoms with Crippen LogP contribution in [0.5, 0.6) is 0 Å². The van der Waals surface area contributed by atoms with Crippen molar-refractivity contribution in [2.45, 2.75) is 0 Å². The van der Waals surface area contributed by atoms with Crippen LogP contribution in [0.25, 0.3) is 0 Å². The third kappa shape index (κ3) is 2.13. The molecule has 0 atom stereocenters. The lowest BCUT2D eigenvalue weighted by Crippen LogP contribution is -2.00. The summed E-state index contributed by atoms with van der Waals surface area (Å²) < 4.78 is 13.6. The lowest BCUT2D eigenvalue weighted by molar-refractivity contribution is 0.104. The van der Waals surface area contributed by atoms with E-state index in [1.807, 2.05) is 0 Å². The molecule has 0 radical (unpaired) electrons. The molecule has 2 heterocycles. The molecule has 0 saturated heterocycles. The Hall–Kier alpha value is -1.07. The monoisotopic (exact) mass is 285 g/mol. The number of ketones is 1. The molecular formula is C10H5BrFNOS. The molecule has 2 aromatic heterocycles. The zero-order valence-corrected chi connectivity index (χ0v) is 9.81. The third-order valence-corrected chi connectivity index (χ3v) is 3.63. The highest BCUT2D eigenvalue weighted by atomic mass is 79.9. The van der Waals surface area contributed by atoms with E-state index in [4.69, 9.17) is 0 Å². The molecule has 0 aliphatic rings. The maximum atomic E-state index is 12.8. The number of hydrogen-bond acceptors (Lipinski definition) is 3. The summed E-state index contributed by atoms with van der Waals surface area (Å²) in [5.74, 6) is -0.725. The number of nitrogens with zero attached hydrogens (tertiary/aromatic N) is 1. The SMILES string of the molecule is O=C(c1cncc(F)c1)c1sccc1Br. The maximum absolute atomic E-state index is 12.8. The minimum atomic E-state index is -0.506. The molecule has 2 nitrogen and oxygen atoms in total. The summed E-state index contributed by atoms with van der Waals surface area (Å²) in [6.45, 7) is 0. The predicted octanol–water partition coefficient (Wildman–Crippen LogP) is 3.28. The van der Waals surface area contributed by atoms with Gasteiger partial charge in [-0.3, -0.25) is 9.78 Å². The summed E-state index contributed by atoms with van der Waals surface area (Å²) in [4.78, 5) is 16.1. The molecule has 0 unspecified atom stereocenters. The van der Waals surface area contributed by atoms with Crippen molar-refractivity contribution in [2.24, 2.45) is 0 Å². The fraction of sp³-hybridized carbons (Fsp3) is 0. The number of aromatic nitrogens is 1. The molecule has 0 spiro atoms. The zero-order chi connectivity index (χ0) is 10.8. The van der Waals surface area contributed by atoms with Gasteiger partial charge in [-0.2, -0.15) is 0 Å². The van der Waals surface area contributed by atoms with Crippen LogP contribution in [0.4, 0.5) is 4.39 Å². The van der Waals surface area contributed by atoms with Crippen LogP contribution in [0, 0.1) is 5.82 Å². The first kappa shape index (κ1) is 10.4. The Morgan fingerprint density at radius 3 is 2.87 bits per heavy atom. The van der Waals surface area contributed by atoms with E-state index in [0.717, 1.165) is 10.7 Å². The number of halogens is 2. The van der Waals surface area contributed by atoms with E-state index in [9.17, 15) is 9.18 Å². The number of pyridine rings is 1. The lowest BCUT2D eigenvalue weighted by Gasteiger charge is -1.98. The van der Waals surface area contributed by atoms with E-state index in [1.165, 1.54) is 23.6 Å². The number of carbonyl (C=O) groups excluding carboxylic acids is 1. The molecule has 2 aromatic rings. The molecule has 76 valence electrons. The molecule has 0 N–H and O–H groups in total. The summed E-state index contributed by atoms with van der Waals surface area (Å²) in [5.41, 5.74) is 0.262. The van der Waals surface area contributed by atoms with Crippen molar-refractivity contribution in [3.8, 4) is 0 Å². The van der Waals surface area contributed by atoms with Crippen molar-refractivity contribution in [1.82, 2.24) is 4.98 Å². The fourth-order valence-electron chi connectivity index (χ4n) is 1.12. The second kappa shape index (κ2) is 4.20. The minimum absolute atomic E-state index is 0.219. The summed E-state index contributed by atoms with van der Waals surface area (Å²) in [6.07, 6.45) is 2.43. The largest absolute Gasteiger partial charge is 0.288 e. The van der Waals surface area contributed by atoms with Gasteiger partial charge in [0.1, 0.15) is 5.82 Å². The van der Waals surface area contributed by atoms with Gasteiger partial charge in [0.15, 0.2) is 0 Å². The Balaban J connectivity index is 2.41. The molecule has 15 heavy (non-hydrogen) atoms. The van der Waals surface area contributed by atoms with Gasteiger partial charge < -0.3 is 0 Å². The molecule has 0 aromatic carbocycles. The zero-order valence-electron chi connectivity index (χ0n) is 7.41. The van der Waals surface area contributed by atoms with Crippen LogP contribution in [0.3, 0.4) is 0 Å². The number of hydrogen-bond donors (Lipinski definition) is 0. The fourth-order valence-corrected chi connectivity index (χ4v) is 2.64. The molecule has 0 fully saturated rings. The third-order valence-electron chi connectivity index (χ3n) is 1.79. The van der Waals surface area contributed by atoms with Crippen molar-refractivity contribution < 1.29 is 9.18 Å². The summed E-state index contributed by atoms with van der Waals surface area (Å²) in [6, 6.07) is 2.96. The van der Waals surface area contributed by atoms with Gasteiger partial charge >= 0.3 is 0 Å². The van der Waals surface area contributed by atoms with Crippen LogP contribution in [0.15, 0.2) is 34.4 Å². The van der Waals surface area contributed by atoms with Crippen LogP contribution in [-0.4, -0.2) is 10.8 Å². The van der Waals surface area contributed by atoms with Crippen molar-refractivity contribution in [1.29, 1.82) is 0 Å². The van der Waals surface area contributed by atoms with Gasteiger partial charge in [0.05, 0.1) is 11.1 Å². The summed E-state index contributed by atoms with van der Waals surface area (Å²) >= 11 is 4.57. The van der Waals surface area contributed by atoms with Crippen LogP contribution in [0.1, 0.15) is 15.2 Å². The van der Waals surface area contributed by atoms with E-state index in [0.29, 0.717) is 4.88 Å². The van der Waals surface area contributed by atoms with E-state index in [1.54, 1.807) is 11.4 Å². The topological polar surface area (TPSA) is 30.0 Å². The molecule has 0 aliphatic carbocycles. The normalized spacial score (nSPS) is 10.3. The van der Waals surface area contributed by atoms with Gasteiger partial charge in [-0.05, 0) is 33.4 Å². The minimum Gasteiger partial charge on any atom is -0.288 e. The number of thiophene rings is 1. The van der Waals surface area contributed by atoms with Gasteiger partial charge in [-0.15, -0.1) is 11.3 Å². The summed E-state index contributed by atoms with van der Waals surface area (Å²) in [5, 5.41) is 1.80. The van der Waals surface area contributed by atoms with Gasteiger partial charge in [-0.25, -0.2) is 4.39 Å². The first-order valence-corrected chi connectivity index (χ1v) is 5.74. The van der Waals surface area contributed by atoms with Crippen LogP contribution in [0.2, 0.25) is 0 Å². The van der Waals surface area contributed by atoms with Gasteiger partial charge in [0.2, 0.25) is 5.78 Å². The average molecular weight is 286 g/mol. The molecule has 0 amide bonds. The van der Waals surface area contributed by atoms with Gasteiger partial charge in [-0.1, -0.05) is 0 Å². The van der Waals surface area contributed by atoms with Crippen LogP contribution < -0.4 is 0 Å². The Kier molecular flexibility index (Phi) is 2.93. The highest BCUT2D eigenvalue weighted by Gasteiger charge is 2.14. The second-order valence-electron chi connectivity index (χ2n) is 2.82. The molecule has 2 rings (SSSR count). The van der Waals surface area contributed by atoms with Gasteiger partial charge in [0.25, 0.3) is 0 Å². The average Bonchev–Trinajstić information content (AvgIpc) is 2.63. The highest BCUT2D eigenvalue weighted by Crippen LogP contribution is 2.25. The number of carbonyl (C=O) groups is 1. The Bertz CT molecular complexity index is 512. The highest BCUT2D eigenvalue weighted by molar-refractivity contribution is 9.10. The van der Waals surface area contributed by atoms with E-state index < -0.39 is 5.82 Å². The smallest absolute Gasteiger partial charge is 0.205 e. The standard InChI is InChI=1S/C10H5BrFNOS/c11-8-1-2-15-10(8)9(14)6-3-7(12)5-13-4-6/h1-5H. The van der Waals surface area contributed by atoms with Crippen molar-refractivity contribution in [2.75, 3.05) is 0 Å². The Morgan fingerprint density at radius 1 is 1.47 bits per heavy atom. The number of rotatable bonds is 2. The van der Waals surface area contributed by atoms with E-state index in [2.05, 4.69) is 20.9 Å². The Labute approximate surface area is 97.9 Å². The molecular weight excluding hydrogens is 281 g/mol. The van der Waals surface area contributed by atoms with Crippen LogP contribution in [-0.2, 0) is 0 Å². The quantitative estimate of drug-likeness (QED) is 0.793. The lowest BCUT2D eigenvalue weighted by atomic mass is 10.1. The second-order valence-corrected chi connectivity index (χ2v) is 4.59. The predicted molar refractivity (Wildman–Crippen MR) is 59.6 cm³/mol. The van der Waals surface area contributed by atoms with Crippen molar-refractivity contribution >= 4 is 33.0 Å². The molecule has 5 heteroatoms. The molecule has 0 aliphatic heterocycles. The van der Waals surface area contributed by atoms with Crippen molar-refractivity contribution in [3.63, 3.8) is 0 Å². The van der Waals surface area contributed by atoms with E-state index in [-0.39, 0.29) is 11.3 Å². The first-order chi connectivity index (χ1) is 7.18. The van der Waals surface area contributed by atoms with Crippen LogP contribution >= 0.6 is 27.3 Å². The Morgan fingerprint density at radius 2 is 2.27 bits per heavy atom. The van der Waals surface area contributed by atoms with Gasteiger partial charge in [0, 0.05) is 16.2 Å².